The van der Waals surface area contributed by atoms with Crippen LogP contribution in [0.1, 0.15) is 40.1 Å². The van der Waals surface area contributed by atoms with E-state index >= 15 is 0 Å². The van der Waals surface area contributed by atoms with Crippen molar-refractivity contribution in [1.29, 1.82) is 0 Å². The monoisotopic (exact) mass is 340 g/mol. The number of carbonyl (C=O) groups excluding carboxylic acids is 2. The van der Waals surface area contributed by atoms with Crippen LogP contribution in [0.3, 0.4) is 0 Å². The number of benzene rings is 1. The van der Waals surface area contributed by atoms with E-state index in [2.05, 4.69) is 15.3 Å². The zero-order valence-electron chi connectivity index (χ0n) is 14.1. The highest BCUT2D eigenvalue weighted by molar-refractivity contribution is 5.96. The molecule has 7 heteroatoms. The molecule has 1 amide bonds. The van der Waals surface area contributed by atoms with Crippen LogP contribution >= 0.6 is 0 Å². The summed E-state index contributed by atoms with van der Waals surface area (Å²) in [5, 5.41) is 3.03. The molecule has 0 bridgehead atoms. The molecule has 1 aliphatic rings. The Hall–Kier alpha value is -2.96. The average molecular weight is 340 g/mol. The fraction of sp³-hybridized carbons (Fsp3) is 0.333. The van der Waals surface area contributed by atoms with E-state index in [1.165, 1.54) is 19.5 Å². The number of esters is 1. The van der Waals surface area contributed by atoms with Crippen molar-refractivity contribution in [2.75, 3.05) is 25.5 Å². The molecule has 2 heterocycles. The van der Waals surface area contributed by atoms with Gasteiger partial charge in [0.25, 0.3) is 5.91 Å². The average Bonchev–Trinajstić information content (AvgIpc) is 2.68. The van der Waals surface area contributed by atoms with Crippen LogP contribution in [0.4, 0.5) is 11.5 Å². The summed E-state index contributed by atoms with van der Waals surface area (Å²) in [4.78, 5) is 34.5. The highest BCUT2D eigenvalue weighted by atomic mass is 16.5. The fourth-order valence-electron chi connectivity index (χ4n) is 2.78. The molecule has 3 rings (SSSR count). The van der Waals surface area contributed by atoms with Crippen molar-refractivity contribution in [3.8, 4) is 0 Å². The Morgan fingerprint density at radius 3 is 2.52 bits per heavy atom. The minimum Gasteiger partial charge on any atom is -0.465 e. The summed E-state index contributed by atoms with van der Waals surface area (Å²) in [6.07, 6.45) is 6.18. The van der Waals surface area contributed by atoms with Crippen LogP contribution in [0, 0.1) is 0 Å². The summed E-state index contributed by atoms with van der Waals surface area (Å²) in [5.41, 5.74) is 1.30. The lowest BCUT2D eigenvalue weighted by molar-refractivity contribution is 0.0601. The first-order valence-electron chi connectivity index (χ1n) is 8.24. The van der Waals surface area contributed by atoms with Gasteiger partial charge < -0.3 is 15.0 Å². The summed E-state index contributed by atoms with van der Waals surface area (Å²) in [6, 6.07) is 6.97. The minimum absolute atomic E-state index is 0.0892. The number of anilines is 2. The Labute approximate surface area is 146 Å². The van der Waals surface area contributed by atoms with E-state index in [0.29, 0.717) is 22.8 Å². The number of hydrogen-bond donors (Lipinski definition) is 1. The highest BCUT2D eigenvalue weighted by Gasteiger charge is 2.19. The number of methoxy groups -OCH3 is 1. The van der Waals surface area contributed by atoms with E-state index in [4.69, 9.17) is 4.74 Å². The number of para-hydroxylation sites is 1. The molecule has 130 valence electrons. The van der Waals surface area contributed by atoms with E-state index in [-0.39, 0.29) is 5.91 Å². The van der Waals surface area contributed by atoms with Gasteiger partial charge in [-0.05, 0) is 31.4 Å². The van der Waals surface area contributed by atoms with Gasteiger partial charge in [0.05, 0.1) is 30.8 Å². The number of piperidine rings is 1. The summed E-state index contributed by atoms with van der Waals surface area (Å²) in [7, 11) is 1.33. The van der Waals surface area contributed by atoms with Gasteiger partial charge in [-0.25, -0.2) is 14.8 Å². The van der Waals surface area contributed by atoms with Crippen molar-refractivity contribution in [1.82, 2.24) is 14.9 Å². The molecular formula is C18H20N4O3. The van der Waals surface area contributed by atoms with Crippen molar-refractivity contribution in [3.05, 3.63) is 47.9 Å². The third-order valence-electron chi connectivity index (χ3n) is 4.11. The summed E-state index contributed by atoms with van der Waals surface area (Å²) in [6.45, 7) is 1.54. The van der Waals surface area contributed by atoms with Gasteiger partial charge >= 0.3 is 5.97 Å². The van der Waals surface area contributed by atoms with Crippen molar-refractivity contribution < 1.29 is 14.3 Å². The number of hydrogen-bond acceptors (Lipinski definition) is 6. The zero-order chi connectivity index (χ0) is 17.6. The van der Waals surface area contributed by atoms with Gasteiger partial charge in [-0.3, -0.25) is 4.79 Å². The molecule has 1 saturated heterocycles. The molecule has 1 fully saturated rings. The zero-order valence-corrected chi connectivity index (χ0v) is 14.1. The molecule has 1 aromatic heterocycles. The third kappa shape index (κ3) is 3.93. The van der Waals surface area contributed by atoms with Gasteiger partial charge in [0.1, 0.15) is 11.5 Å². The number of likely N-dealkylation sites (tertiary alicyclic amines) is 1. The first-order valence-corrected chi connectivity index (χ1v) is 8.24. The molecule has 1 N–H and O–H groups in total. The molecule has 0 atom stereocenters. The molecule has 25 heavy (non-hydrogen) atoms. The van der Waals surface area contributed by atoms with Crippen LogP contribution < -0.4 is 5.32 Å². The second-order valence-electron chi connectivity index (χ2n) is 5.80. The molecule has 2 aromatic rings. The number of nitrogens with zero attached hydrogens (tertiary/aromatic N) is 3. The summed E-state index contributed by atoms with van der Waals surface area (Å²) >= 11 is 0. The Morgan fingerprint density at radius 2 is 1.84 bits per heavy atom. The summed E-state index contributed by atoms with van der Waals surface area (Å²) in [5.74, 6) is -0.0757. The van der Waals surface area contributed by atoms with E-state index in [0.717, 1.165) is 32.4 Å². The lowest BCUT2D eigenvalue weighted by Gasteiger charge is -2.26. The molecule has 0 unspecified atom stereocenters. The van der Waals surface area contributed by atoms with Crippen molar-refractivity contribution in [3.63, 3.8) is 0 Å². The molecular weight excluding hydrogens is 320 g/mol. The van der Waals surface area contributed by atoms with E-state index in [1.54, 1.807) is 24.3 Å². The van der Waals surface area contributed by atoms with Crippen LogP contribution in [0.25, 0.3) is 0 Å². The molecule has 1 aliphatic heterocycles. The predicted octanol–water partition coefficient (Wildman–Crippen LogP) is 2.63. The quantitative estimate of drug-likeness (QED) is 0.861. The topological polar surface area (TPSA) is 84.4 Å². The first-order chi connectivity index (χ1) is 12.2. The van der Waals surface area contributed by atoms with E-state index in [9.17, 15) is 9.59 Å². The number of nitrogens with one attached hydrogen (secondary N) is 1. The van der Waals surface area contributed by atoms with Crippen LogP contribution in [-0.2, 0) is 4.74 Å². The predicted molar refractivity (Wildman–Crippen MR) is 92.9 cm³/mol. The number of ether oxygens (including phenoxy) is 1. The Balaban J connectivity index is 1.73. The van der Waals surface area contributed by atoms with Crippen molar-refractivity contribution >= 4 is 23.4 Å². The first kappa shape index (κ1) is 16.9. The highest BCUT2D eigenvalue weighted by Crippen LogP contribution is 2.20. The third-order valence-corrected chi connectivity index (χ3v) is 4.11. The SMILES string of the molecule is COC(=O)c1ccccc1Nc1cnc(C(=O)N2CCCCC2)cn1. The maximum Gasteiger partial charge on any atom is 0.339 e. The molecule has 7 nitrogen and oxygen atoms in total. The second kappa shape index (κ2) is 7.74. The van der Waals surface area contributed by atoms with Crippen LogP contribution in [0.2, 0.25) is 0 Å². The van der Waals surface area contributed by atoms with Crippen molar-refractivity contribution in [2.45, 2.75) is 19.3 Å². The normalized spacial score (nSPS) is 14.0. The maximum atomic E-state index is 12.4. The van der Waals surface area contributed by atoms with Gasteiger partial charge in [0.15, 0.2) is 0 Å². The number of carbonyl (C=O) groups is 2. The van der Waals surface area contributed by atoms with Gasteiger partial charge in [0, 0.05) is 13.1 Å². The van der Waals surface area contributed by atoms with Crippen LogP contribution in [0.5, 0.6) is 0 Å². The Morgan fingerprint density at radius 1 is 1.08 bits per heavy atom. The van der Waals surface area contributed by atoms with Gasteiger partial charge in [-0.1, -0.05) is 12.1 Å². The lowest BCUT2D eigenvalue weighted by atomic mass is 10.1. The standard InChI is InChI=1S/C18H20N4O3/c1-25-18(24)13-7-3-4-8-14(13)21-16-12-19-15(11-20-16)17(23)22-9-5-2-6-10-22/h3-4,7-8,11-12H,2,5-6,9-10H2,1H3,(H,20,21). The largest absolute Gasteiger partial charge is 0.465 e. The van der Waals surface area contributed by atoms with Gasteiger partial charge in [-0.15, -0.1) is 0 Å². The molecule has 0 radical (unpaired) electrons. The Bertz CT molecular complexity index is 755. The fourth-order valence-corrected chi connectivity index (χ4v) is 2.78. The van der Waals surface area contributed by atoms with E-state index < -0.39 is 5.97 Å². The molecule has 0 spiro atoms. The number of aromatic nitrogens is 2. The van der Waals surface area contributed by atoms with Crippen LogP contribution in [-0.4, -0.2) is 46.9 Å². The van der Waals surface area contributed by atoms with Crippen LogP contribution in [0.15, 0.2) is 36.7 Å². The van der Waals surface area contributed by atoms with Crippen molar-refractivity contribution in [2.24, 2.45) is 0 Å². The molecule has 1 aromatic carbocycles. The van der Waals surface area contributed by atoms with Gasteiger partial charge in [-0.2, -0.15) is 0 Å². The molecule has 0 saturated carbocycles. The summed E-state index contributed by atoms with van der Waals surface area (Å²) < 4.78 is 4.77. The minimum atomic E-state index is -0.437. The second-order valence-corrected chi connectivity index (χ2v) is 5.80. The Kier molecular flexibility index (Phi) is 5.23. The molecule has 0 aliphatic carbocycles. The smallest absolute Gasteiger partial charge is 0.339 e. The maximum absolute atomic E-state index is 12.4. The lowest BCUT2D eigenvalue weighted by Crippen LogP contribution is -2.36. The number of rotatable bonds is 4. The van der Waals surface area contributed by atoms with Gasteiger partial charge in [0.2, 0.25) is 0 Å². The van der Waals surface area contributed by atoms with E-state index in [1.807, 2.05) is 4.90 Å². The number of amides is 1.